The Morgan fingerprint density at radius 3 is 2.64 bits per heavy atom. The van der Waals surface area contributed by atoms with Crippen molar-refractivity contribution in [2.45, 2.75) is 17.4 Å². The summed E-state index contributed by atoms with van der Waals surface area (Å²) in [6.07, 6.45) is 0.231. The first-order chi connectivity index (χ1) is 10.5. The van der Waals surface area contributed by atoms with Crippen molar-refractivity contribution in [2.75, 3.05) is 26.2 Å². The zero-order valence-electron chi connectivity index (χ0n) is 12.0. The molecule has 1 aliphatic rings. The zero-order valence-corrected chi connectivity index (χ0v) is 12.8. The third kappa shape index (κ3) is 3.83. The molecule has 6 nitrogen and oxygen atoms in total. The number of nitrogens with zero attached hydrogens (tertiary/aromatic N) is 1. The molecule has 0 saturated carbocycles. The molecule has 1 aromatic carbocycles. The fraction of sp³-hybridized carbons (Fsp3) is 0.429. The van der Waals surface area contributed by atoms with Crippen molar-refractivity contribution in [1.29, 1.82) is 0 Å². The summed E-state index contributed by atoms with van der Waals surface area (Å²) in [4.78, 5) is 0.133. The highest BCUT2D eigenvalue weighted by atomic mass is 32.2. The van der Waals surface area contributed by atoms with E-state index in [1.165, 1.54) is 28.6 Å². The van der Waals surface area contributed by atoms with E-state index in [9.17, 15) is 17.9 Å². The van der Waals surface area contributed by atoms with Crippen molar-refractivity contribution in [3.8, 4) is 5.75 Å². The number of halogens is 1. The van der Waals surface area contributed by atoms with E-state index in [2.05, 4.69) is 0 Å². The number of hydrogen-bond acceptors (Lipinski definition) is 5. The Balaban J connectivity index is 2.05. The van der Waals surface area contributed by atoms with E-state index in [0.717, 1.165) is 0 Å². The first-order valence-electron chi connectivity index (χ1n) is 6.86. The fourth-order valence-electron chi connectivity index (χ4n) is 2.10. The second-order valence-corrected chi connectivity index (χ2v) is 6.98. The largest absolute Gasteiger partial charge is 0.489 e. The zero-order chi connectivity index (χ0) is 16.2. The van der Waals surface area contributed by atoms with Gasteiger partial charge in [-0.1, -0.05) is 0 Å². The van der Waals surface area contributed by atoms with Gasteiger partial charge in [0, 0.05) is 25.2 Å². The molecule has 1 heterocycles. The van der Waals surface area contributed by atoms with E-state index < -0.39 is 16.1 Å². The number of ether oxygens (including phenoxy) is 1. The highest BCUT2D eigenvalue weighted by molar-refractivity contribution is 7.89. The summed E-state index contributed by atoms with van der Waals surface area (Å²) < 4.78 is 43.6. The quantitative estimate of drug-likeness (QED) is 0.798. The van der Waals surface area contributed by atoms with Gasteiger partial charge in [0.2, 0.25) is 10.0 Å². The minimum Gasteiger partial charge on any atom is -0.489 e. The molecule has 2 rings (SSSR count). The normalized spacial score (nSPS) is 20.3. The maximum absolute atomic E-state index is 12.4. The predicted molar refractivity (Wildman–Crippen MR) is 79.6 cm³/mol. The third-order valence-corrected chi connectivity index (χ3v) is 5.31. The highest BCUT2D eigenvalue weighted by Gasteiger charge is 2.31. The Hall–Kier alpha value is -1.48. The SMILES string of the molecule is NC/C(=C/F)COc1ccc(S(=O)(=O)N2CC[C@H](O)C2)cc1. The van der Waals surface area contributed by atoms with Gasteiger partial charge in [0.25, 0.3) is 0 Å². The average Bonchev–Trinajstić information content (AvgIpc) is 2.96. The molecule has 0 aromatic heterocycles. The summed E-state index contributed by atoms with van der Waals surface area (Å²) in [5.41, 5.74) is 5.62. The lowest BCUT2D eigenvalue weighted by Gasteiger charge is -2.16. The second-order valence-electron chi connectivity index (χ2n) is 5.04. The van der Waals surface area contributed by atoms with Crippen LogP contribution in [0, 0.1) is 0 Å². The molecule has 1 fully saturated rings. The summed E-state index contributed by atoms with van der Waals surface area (Å²) in [7, 11) is -3.60. The van der Waals surface area contributed by atoms with E-state index in [-0.39, 0.29) is 24.6 Å². The molecule has 1 aromatic rings. The van der Waals surface area contributed by atoms with Crippen LogP contribution >= 0.6 is 0 Å². The summed E-state index contributed by atoms with van der Waals surface area (Å²) in [5.74, 6) is 0.424. The van der Waals surface area contributed by atoms with Gasteiger partial charge < -0.3 is 15.6 Å². The number of nitrogens with two attached hydrogens (primary N) is 1. The summed E-state index contributed by atoms with van der Waals surface area (Å²) in [5, 5.41) is 9.45. The van der Waals surface area contributed by atoms with Crippen LogP contribution in [0.1, 0.15) is 6.42 Å². The van der Waals surface area contributed by atoms with Gasteiger partial charge in [0.1, 0.15) is 12.4 Å². The minimum atomic E-state index is -3.60. The number of aliphatic hydroxyl groups is 1. The van der Waals surface area contributed by atoms with Crippen LogP contribution in [0.25, 0.3) is 0 Å². The van der Waals surface area contributed by atoms with Crippen molar-refractivity contribution in [1.82, 2.24) is 4.31 Å². The number of aliphatic hydroxyl groups excluding tert-OH is 1. The van der Waals surface area contributed by atoms with Gasteiger partial charge in [0.05, 0.1) is 17.3 Å². The molecular weight excluding hydrogens is 311 g/mol. The number of benzene rings is 1. The van der Waals surface area contributed by atoms with Crippen LogP contribution < -0.4 is 10.5 Å². The lowest BCUT2D eigenvalue weighted by atomic mass is 10.3. The van der Waals surface area contributed by atoms with Crippen molar-refractivity contribution in [3.63, 3.8) is 0 Å². The Bertz CT molecular complexity index is 631. The van der Waals surface area contributed by atoms with Crippen LogP contribution in [0.4, 0.5) is 4.39 Å². The van der Waals surface area contributed by atoms with Gasteiger partial charge in [-0.25, -0.2) is 12.8 Å². The van der Waals surface area contributed by atoms with Crippen molar-refractivity contribution in [3.05, 3.63) is 36.2 Å². The first kappa shape index (κ1) is 16.9. The van der Waals surface area contributed by atoms with E-state index in [1.807, 2.05) is 0 Å². The van der Waals surface area contributed by atoms with Gasteiger partial charge >= 0.3 is 0 Å². The minimum absolute atomic E-state index is 0.0113. The molecule has 22 heavy (non-hydrogen) atoms. The molecule has 8 heteroatoms. The Kier molecular flexibility index (Phi) is 5.52. The molecular formula is C14H19FN2O4S. The number of β-amino-alcohol motifs (C(OH)–C–C–N with tert-alkyl or cyclic N) is 1. The average molecular weight is 330 g/mol. The van der Waals surface area contributed by atoms with Gasteiger partial charge in [-0.05, 0) is 30.7 Å². The monoisotopic (exact) mass is 330 g/mol. The maximum atomic E-state index is 12.4. The molecule has 0 spiro atoms. The van der Waals surface area contributed by atoms with Gasteiger partial charge in [-0.2, -0.15) is 4.31 Å². The Labute approximate surface area is 129 Å². The van der Waals surface area contributed by atoms with Crippen LogP contribution in [0.2, 0.25) is 0 Å². The predicted octanol–water partition coefficient (Wildman–Crippen LogP) is 0.633. The fourth-order valence-corrected chi connectivity index (χ4v) is 3.59. The van der Waals surface area contributed by atoms with Gasteiger partial charge in [0.15, 0.2) is 0 Å². The molecule has 0 bridgehead atoms. The molecule has 0 amide bonds. The molecule has 1 atom stereocenters. The smallest absolute Gasteiger partial charge is 0.243 e. The summed E-state index contributed by atoms with van der Waals surface area (Å²) >= 11 is 0. The van der Waals surface area contributed by atoms with Crippen LogP contribution in [-0.2, 0) is 10.0 Å². The number of hydrogen-bond donors (Lipinski definition) is 2. The van der Waals surface area contributed by atoms with Crippen LogP contribution in [-0.4, -0.2) is 50.2 Å². The molecule has 0 radical (unpaired) electrons. The van der Waals surface area contributed by atoms with Crippen molar-refractivity contribution in [2.24, 2.45) is 5.73 Å². The third-order valence-electron chi connectivity index (χ3n) is 3.43. The van der Waals surface area contributed by atoms with Gasteiger partial charge in [-0.3, -0.25) is 0 Å². The standard InChI is InChI=1S/C14H19FN2O4S/c15-7-11(8-16)10-21-13-1-3-14(4-2-13)22(19,20)17-6-5-12(18)9-17/h1-4,7,12,18H,5-6,8-10,16H2/b11-7-/t12-/m0/s1. The number of rotatable bonds is 6. The Morgan fingerprint density at radius 1 is 1.45 bits per heavy atom. The topological polar surface area (TPSA) is 92.9 Å². The molecule has 0 unspecified atom stereocenters. The van der Waals surface area contributed by atoms with Crippen LogP contribution in [0.3, 0.4) is 0 Å². The molecule has 122 valence electrons. The highest BCUT2D eigenvalue weighted by Crippen LogP contribution is 2.23. The van der Waals surface area contributed by atoms with E-state index in [0.29, 0.717) is 30.6 Å². The van der Waals surface area contributed by atoms with Crippen LogP contribution in [0.5, 0.6) is 5.75 Å². The van der Waals surface area contributed by atoms with Gasteiger partial charge in [-0.15, -0.1) is 0 Å². The number of sulfonamides is 1. The Morgan fingerprint density at radius 2 is 2.14 bits per heavy atom. The van der Waals surface area contributed by atoms with Crippen molar-refractivity contribution < 1.29 is 22.7 Å². The maximum Gasteiger partial charge on any atom is 0.243 e. The summed E-state index contributed by atoms with van der Waals surface area (Å²) in [6.45, 7) is 0.488. The second kappa shape index (κ2) is 7.19. The van der Waals surface area contributed by atoms with Crippen molar-refractivity contribution >= 4 is 10.0 Å². The van der Waals surface area contributed by atoms with E-state index in [4.69, 9.17) is 10.5 Å². The molecule has 0 aliphatic carbocycles. The summed E-state index contributed by atoms with van der Waals surface area (Å²) in [6, 6.07) is 5.87. The van der Waals surface area contributed by atoms with E-state index in [1.54, 1.807) is 0 Å². The molecule has 1 saturated heterocycles. The van der Waals surface area contributed by atoms with Crippen LogP contribution in [0.15, 0.2) is 41.1 Å². The molecule has 3 N–H and O–H groups in total. The lowest BCUT2D eigenvalue weighted by Crippen LogP contribution is -2.29. The van der Waals surface area contributed by atoms with E-state index >= 15 is 0 Å². The molecule has 1 aliphatic heterocycles. The lowest BCUT2D eigenvalue weighted by molar-refractivity contribution is 0.189. The first-order valence-corrected chi connectivity index (χ1v) is 8.30.